The number of primary amides is 1. The predicted octanol–water partition coefficient (Wildman–Crippen LogP) is 1.04. The second-order valence-electron chi connectivity index (χ2n) is 2.83. The van der Waals surface area contributed by atoms with E-state index in [9.17, 15) is 4.79 Å². The number of carbonyl (C=O) groups is 1. The molecule has 0 saturated carbocycles. The van der Waals surface area contributed by atoms with Crippen molar-refractivity contribution in [2.75, 3.05) is 0 Å². The lowest BCUT2D eigenvalue weighted by Gasteiger charge is -2.06. The minimum Gasteiger partial charge on any atom is -0.349 e. The van der Waals surface area contributed by atoms with E-state index in [2.05, 4.69) is 16.0 Å². The van der Waals surface area contributed by atoms with Gasteiger partial charge in [0.1, 0.15) is 0 Å². The Morgan fingerprint density at radius 3 is 2.30 bits per heavy atom. The Morgan fingerprint density at radius 2 is 2.00 bits per heavy atom. The van der Waals surface area contributed by atoms with Crippen LogP contribution < -0.4 is 5.73 Å². The molecule has 56 valence electrons. The summed E-state index contributed by atoms with van der Waals surface area (Å²) in [6, 6.07) is 1.43. The van der Waals surface area contributed by atoms with Crippen LogP contribution in [0.2, 0.25) is 0 Å². The number of hydrogen-bond acceptors (Lipinski definition) is 2. The van der Waals surface area contributed by atoms with E-state index >= 15 is 0 Å². The summed E-state index contributed by atoms with van der Waals surface area (Å²) in [5.41, 5.74) is 4.44. The molecule has 0 aromatic heterocycles. The van der Waals surface area contributed by atoms with E-state index in [1.54, 1.807) is 0 Å². The molecule has 0 fully saturated rings. The van der Waals surface area contributed by atoms with Crippen LogP contribution in [0.25, 0.3) is 0 Å². The molecule has 0 spiro atoms. The number of aliphatic imine (C=N–C) groups is 2. The average molecular weight is 141 g/mol. The molecule has 0 aromatic carbocycles. The summed E-state index contributed by atoms with van der Waals surface area (Å²) in [6.45, 7) is 5.61. The summed E-state index contributed by atoms with van der Waals surface area (Å²) in [5.74, 6) is 0. The molecule has 0 aromatic rings. The summed E-state index contributed by atoms with van der Waals surface area (Å²) in [7, 11) is 0. The molecule has 4 nitrogen and oxygen atoms in total. The second-order valence-corrected chi connectivity index (χ2v) is 2.83. The highest BCUT2D eigenvalue weighted by Gasteiger charge is 2.04. The Labute approximate surface area is 59.9 Å². The Bertz CT molecular complexity index is 184. The van der Waals surface area contributed by atoms with E-state index in [0.717, 1.165) is 0 Å². The van der Waals surface area contributed by atoms with Crippen molar-refractivity contribution < 1.29 is 4.79 Å². The van der Waals surface area contributed by atoms with Gasteiger partial charge >= 0.3 is 6.03 Å². The van der Waals surface area contributed by atoms with Gasteiger partial charge in [0.2, 0.25) is 0 Å². The maximum atomic E-state index is 10.0. The van der Waals surface area contributed by atoms with Crippen LogP contribution in [0, 0.1) is 0 Å². The van der Waals surface area contributed by atoms with E-state index in [-0.39, 0.29) is 5.54 Å². The molecule has 0 atom stereocenters. The van der Waals surface area contributed by atoms with Crippen molar-refractivity contribution in [2.45, 2.75) is 26.3 Å². The molecule has 4 heteroatoms. The maximum Gasteiger partial charge on any atom is 0.347 e. The molecule has 0 unspecified atom stereocenters. The van der Waals surface area contributed by atoms with Crippen molar-refractivity contribution in [3.8, 4) is 0 Å². The zero-order valence-electron chi connectivity index (χ0n) is 6.38. The molecule has 0 aliphatic carbocycles. The third-order valence-corrected chi connectivity index (χ3v) is 0.546. The largest absolute Gasteiger partial charge is 0.349 e. The molecule has 2 amide bonds. The molecule has 0 aliphatic rings. The van der Waals surface area contributed by atoms with Gasteiger partial charge in [-0.25, -0.2) is 9.79 Å². The lowest BCUT2D eigenvalue weighted by molar-refractivity contribution is 0.257. The van der Waals surface area contributed by atoms with Crippen LogP contribution in [-0.4, -0.2) is 17.6 Å². The van der Waals surface area contributed by atoms with Gasteiger partial charge in [-0.2, -0.15) is 0 Å². The third kappa shape index (κ3) is 6.85. The highest BCUT2D eigenvalue weighted by Crippen LogP contribution is 2.03. The van der Waals surface area contributed by atoms with Crippen LogP contribution in [-0.2, 0) is 0 Å². The van der Waals surface area contributed by atoms with E-state index < -0.39 is 6.03 Å². The zero-order valence-corrected chi connectivity index (χ0v) is 6.38. The molecule has 2 N–H and O–H groups in total. The average Bonchev–Trinajstić information content (AvgIpc) is 1.59. The van der Waals surface area contributed by atoms with Crippen LogP contribution in [0.3, 0.4) is 0 Å². The summed E-state index contributed by atoms with van der Waals surface area (Å²) in [5, 5.41) is 0. The van der Waals surface area contributed by atoms with Crippen molar-refractivity contribution in [1.82, 2.24) is 0 Å². The Balaban J connectivity index is 4.12. The van der Waals surface area contributed by atoms with E-state index in [4.69, 9.17) is 5.73 Å². The number of carbonyl (C=O) groups excluding carboxylic acids is 1. The van der Waals surface area contributed by atoms with Crippen LogP contribution >= 0.6 is 0 Å². The molecule has 0 rings (SSSR count). The van der Waals surface area contributed by atoms with Crippen molar-refractivity contribution >= 4 is 12.0 Å². The van der Waals surface area contributed by atoms with Crippen molar-refractivity contribution in [3.63, 3.8) is 0 Å². The van der Waals surface area contributed by atoms with Gasteiger partial charge in [0.25, 0.3) is 0 Å². The van der Waals surface area contributed by atoms with Gasteiger partial charge in [-0.05, 0) is 20.8 Å². The molecule has 0 radical (unpaired) electrons. The van der Waals surface area contributed by atoms with Crippen molar-refractivity contribution in [1.29, 1.82) is 0 Å². The third-order valence-electron chi connectivity index (χ3n) is 0.546. The number of urea groups is 1. The lowest BCUT2D eigenvalue weighted by Crippen LogP contribution is -2.09. The highest BCUT2D eigenvalue weighted by atomic mass is 16.2. The molecular weight excluding hydrogens is 130 g/mol. The summed E-state index contributed by atoms with van der Waals surface area (Å²) in [4.78, 5) is 16.9. The van der Waals surface area contributed by atoms with Crippen LogP contribution in [0.15, 0.2) is 9.98 Å². The Morgan fingerprint density at radius 1 is 1.50 bits per heavy atom. The fourth-order valence-electron chi connectivity index (χ4n) is 0.224. The quantitative estimate of drug-likeness (QED) is 0.503. The molecule has 0 bridgehead atoms. The first-order chi connectivity index (χ1) is 4.42. The smallest absolute Gasteiger partial charge is 0.347 e. The number of hydrogen-bond donors (Lipinski definition) is 1. The molecule has 0 saturated heterocycles. The Hall–Kier alpha value is -1.15. The standard InChI is InChI=1S/C6H11N3O/c1-6(2,3)9-4-8-5(7)10/h1-3H3,(H2,7,10). The van der Waals surface area contributed by atoms with Gasteiger partial charge in [-0.1, -0.05) is 0 Å². The Kier molecular flexibility index (Phi) is 2.77. The van der Waals surface area contributed by atoms with Gasteiger partial charge in [0, 0.05) is 0 Å². The van der Waals surface area contributed by atoms with Gasteiger partial charge < -0.3 is 5.73 Å². The fraction of sp³-hybridized carbons (Fsp3) is 0.667. The summed E-state index contributed by atoms with van der Waals surface area (Å²) in [6.07, 6.45) is 0. The van der Waals surface area contributed by atoms with Crippen LogP contribution in [0.5, 0.6) is 0 Å². The lowest BCUT2D eigenvalue weighted by atomic mass is 10.1. The first-order valence-electron chi connectivity index (χ1n) is 2.89. The van der Waals surface area contributed by atoms with Crippen LogP contribution in [0.4, 0.5) is 4.79 Å². The SMILES string of the molecule is CC(C)(C)N=C=NC(N)=O. The normalized spacial score (nSPS) is 9.90. The first kappa shape index (κ1) is 8.85. The predicted molar refractivity (Wildman–Crippen MR) is 39.2 cm³/mol. The fourth-order valence-corrected chi connectivity index (χ4v) is 0.224. The first-order valence-corrected chi connectivity index (χ1v) is 2.89. The van der Waals surface area contributed by atoms with E-state index in [1.807, 2.05) is 20.8 Å². The van der Waals surface area contributed by atoms with Gasteiger partial charge in [-0.15, -0.1) is 4.99 Å². The van der Waals surface area contributed by atoms with Gasteiger partial charge in [0.15, 0.2) is 0 Å². The zero-order chi connectivity index (χ0) is 8.20. The van der Waals surface area contributed by atoms with Crippen molar-refractivity contribution in [3.05, 3.63) is 0 Å². The monoisotopic (exact) mass is 141 g/mol. The second kappa shape index (κ2) is 3.13. The molecule has 0 heterocycles. The molecule has 10 heavy (non-hydrogen) atoms. The van der Waals surface area contributed by atoms with Crippen LogP contribution in [0.1, 0.15) is 20.8 Å². The highest BCUT2D eigenvalue weighted by molar-refractivity contribution is 5.78. The number of nitrogens with zero attached hydrogens (tertiary/aromatic N) is 2. The van der Waals surface area contributed by atoms with E-state index in [0.29, 0.717) is 0 Å². The minimum atomic E-state index is -0.770. The number of rotatable bonds is 0. The van der Waals surface area contributed by atoms with Crippen molar-refractivity contribution in [2.24, 2.45) is 15.7 Å². The van der Waals surface area contributed by atoms with E-state index in [1.165, 1.54) is 0 Å². The summed E-state index contributed by atoms with van der Waals surface area (Å²) < 4.78 is 0. The van der Waals surface area contributed by atoms with Gasteiger partial charge in [-0.3, -0.25) is 0 Å². The number of amides is 2. The molecule has 0 aliphatic heterocycles. The maximum absolute atomic E-state index is 10.0. The minimum absolute atomic E-state index is 0.251. The molecular formula is C6H11N3O. The summed E-state index contributed by atoms with van der Waals surface area (Å²) >= 11 is 0. The topological polar surface area (TPSA) is 67.8 Å². The number of nitrogens with two attached hydrogens (primary N) is 1. The van der Waals surface area contributed by atoms with Gasteiger partial charge in [0.05, 0.1) is 11.5 Å².